The summed E-state index contributed by atoms with van der Waals surface area (Å²) in [6, 6.07) is 4.01. The molecule has 7 heteroatoms. The smallest absolute Gasteiger partial charge is 0.337 e. The number of hydrogen-bond donors (Lipinski definition) is 0. The summed E-state index contributed by atoms with van der Waals surface area (Å²) in [7, 11) is 1.43. The lowest BCUT2D eigenvalue weighted by Gasteiger charge is -2.20. The number of benzene rings is 1. The molecule has 0 saturated carbocycles. The fraction of sp³-hybridized carbons (Fsp3) is 0.400. The summed E-state index contributed by atoms with van der Waals surface area (Å²) in [5.74, 6) is -0.267. The Kier molecular flexibility index (Phi) is 5.11. The molecule has 0 aliphatic heterocycles. The first-order valence-corrected chi connectivity index (χ1v) is 10.4. The highest BCUT2D eigenvalue weighted by Crippen LogP contribution is 2.27. The Morgan fingerprint density at radius 1 is 1.19 bits per heavy atom. The number of methoxy groups -OCH3 is 1. The first-order chi connectivity index (χ1) is 13.2. The van der Waals surface area contributed by atoms with Gasteiger partial charge in [0.2, 0.25) is 5.16 Å². The fourth-order valence-electron chi connectivity index (χ4n) is 3.77. The van der Waals surface area contributed by atoms with Gasteiger partial charge < -0.3 is 4.74 Å². The Balaban J connectivity index is 1.65. The second-order valence-corrected chi connectivity index (χ2v) is 7.51. The van der Waals surface area contributed by atoms with Crippen LogP contribution in [0.25, 0.3) is 5.65 Å². The van der Waals surface area contributed by atoms with Crippen molar-refractivity contribution in [1.82, 2.24) is 19.6 Å². The lowest BCUT2D eigenvalue weighted by molar-refractivity contribution is 0.0600. The highest BCUT2D eigenvalue weighted by molar-refractivity contribution is 7.98. The number of imidazole rings is 1. The van der Waals surface area contributed by atoms with Gasteiger partial charge in [0.25, 0.3) is 0 Å². The van der Waals surface area contributed by atoms with Crippen molar-refractivity contribution in [2.75, 3.05) is 13.4 Å². The van der Waals surface area contributed by atoms with Gasteiger partial charge in [-0.3, -0.25) is 0 Å². The average Bonchev–Trinajstić information content (AvgIpc) is 3.13. The van der Waals surface area contributed by atoms with Crippen molar-refractivity contribution in [2.24, 2.45) is 0 Å². The van der Waals surface area contributed by atoms with Crippen LogP contribution < -0.4 is 0 Å². The molecular weight excluding hydrogens is 360 g/mol. The van der Waals surface area contributed by atoms with Crippen LogP contribution in [-0.4, -0.2) is 38.9 Å². The van der Waals surface area contributed by atoms with Crippen molar-refractivity contribution in [3.05, 3.63) is 52.5 Å². The number of hydrogen-bond acceptors (Lipinski definition) is 6. The predicted octanol–water partition coefficient (Wildman–Crippen LogP) is 3.30. The lowest BCUT2D eigenvalue weighted by Crippen LogP contribution is -2.12. The van der Waals surface area contributed by atoms with Gasteiger partial charge in [0.05, 0.1) is 30.8 Å². The second kappa shape index (κ2) is 7.68. The van der Waals surface area contributed by atoms with Gasteiger partial charge in [0, 0.05) is 0 Å². The van der Waals surface area contributed by atoms with E-state index >= 15 is 0 Å². The molecule has 1 aliphatic carbocycles. The van der Waals surface area contributed by atoms with Crippen LogP contribution in [0.3, 0.4) is 0 Å². The van der Waals surface area contributed by atoms with Crippen LogP contribution in [0.2, 0.25) is 0 Å². The van der Waals surface area contributed by atoms with Gasteiger partial charge in [0.1, 0.15) is 0 Å². The molecule has 0 amide bonds. The van der Waals surface area contributed by atoms with E-state index in [9.17, 15) is 4.79 Å². The van der Waals surface area contributed by atoms with Crippen molar-refractivity contribution in [3.63, 3.8) is 0 Å². The number of nitrogens with zero attached hydrogens (tertiary/aromatic N) is 4. The number of thioether (sulfide) groups is 1. The van der Waals surface area contributed by atoms with Gasteiger partial charge >= 0.3 is 5.97 Å². The standard InChI is InChI=1S/C20H22N4O2S/c1-26-19(25)15-9-13-5-3-4-6-17(13)14(10-15)7-8-16-11-21-18-12-22-20(27-2)23-24(16)18/h9-12H,3-8H2,1-2H3. The van der Waals surface area contributed by atoms with Crippen molar-refractivity contribution in [1.29, 1.82) is 0 Å². The molecule has 0 atom stereocenters. The van der Waals surface area contributed by atoms with Gasteiger partial charge in [-0.25, -0.2) is 19.3 Å². The van der Waals surface area contributed by atoms with Crippen molar-refractivity contribution >= 4 is 23.4 Å². The summed E-state index contributed by atoms with van der Waals surface area (Å²) in [5.41, 5.74) is 6.40. The molecule has 1 aliphatic rings. The summed E-state index contributed by atoms with van der Waals surface area (Å²) < 4.78 is 6.81. The molecule has 0 N–H and O–H groups in total. The molecule has 3 aromatic rings. The number of carbonyl (C=O) groups is 1. The molecule has 1 aromatic carbocycles. The Labute approximate surface area is 162 Å². The third-order valence-corrected chi connectivity index (χ3v) is 5.67. The Bertz CT molecular complexity index is 999. The zero-order valence-corrected chi connectivity index (χ0v) is 16.4. The maximum absolute atomic E-state index is 12.1. The predicted molar refractivity (Wildman–Crippen MR) is 104 cm³/mol. The molecule has 2 aromatic heterocycles. The Morgan fingerprint density at radius 3 is 2.85 bits per heavy atom. The molecule has 0 bridgehead atoms. The van der Waals surface area contributed by atoms with Gasteiger partial charge in [-0.15, -0.1) is 5.10 Å². The van der Waals surface area contributed by atoms with Gasteiger partial charge in [-0.2, -0.15) is 0 Å². The molecule has 0 saturated heterocycles. The monoisotopic (exact) mass is 382 g/mol. The highest BCUT2D eigenvalue weighted by Gasteiger charge is 2.18. The largest absolute Gasteiger partial charge is 0.465 e. The molecule has 4 rings (SSSR count). The molecule has 6 nitrogen and oxygen atoms in total. The average molecular weight is 382 g/mol. The van der Waals surface area contributed by atoms with Crippen LogP contribution in [0.1, 0.15) is 45.6 Å². The summed E-state index contributed by atoms with van der Waals surface area (Å²) >= 11 is 1.51. The third kappa shape index (κ3) is 3.56. The SMILES string of the molecule is COC(=O)c1cc2c(c(CCc3cnc4cnc(SC)nn34)c1)CCCC2. The molecule has 0 fully saturated rings. The van der Waals surface area contributed by atoms with Crippen LogP contribution in [-0.2, 0) is 30.4 Å². The minimum absolute atomic E-state index is 0.267. The number of esters is 1. The minimum Gasteiger partial charge on any atom is -0.465 e. The van der Waals surface area contributed by atoms with Crippen molar-refractivity contribution in [2.45, 2.75) is 43.7 Å². The number of carbonyl (C=O) groups excluding carboxylic acids is 1. The summed E-state index contributed by atoms with van der Waals surface area (Å²) in [6.45, 7) is 0. The van der Waals surface area contributed by atoms with Crippen LogP contribution in [0, 0.1) is 0 Å². The summed E-state index contributed by atoms with van der Waals surface area (Å²) in [4.78, 5) is 20.8. The highest BCUT2D eigenvalue weighted by atomic mass is 32.2. The number of aryl methyl sites for hydroxylation is 3. The van der Waals surface area contributed by atoms with E-state index in [1.54, 1.807) is 6.20 Å². The van der Waals surface area contributed by atoms with Gasteiger partial charge in [-0.1, -0.05) is 11.8 Å². The van der Waals surface area contributed by atoms with Crippen molar-refractivity contribution < 1.29 is 9.53 Å². The quantitative estimate of drug-likeness (QED) is 0.498. The van der Waals surface area contributed by atoms with E-state index < -0.39 is 0 Å². The normalized spacial score (nSPS) is 13.6. The molecular formula is C20H22N4O2S. The zero-order valence-electron chi connectivity index (χ0n) is 15.6. The fourth-order valence-corrected chi connectivity index (χ4v) is 4.09. The third-order valence-electron chi connectivity index (χ3n) is 5.12. The molecule has 140 valence electrons. The molecule has 0 radical (unpaired) electrons. The maximum atomic E-state index is 12.1. The molecule has 0 unspecified atom stereocenters. The van der Waals surface area contributed by atoms with Crippen molar-refractivity contribution in [3.8, 4) is 0 Å². The topological polar surface area (TPSA) is 69.4 Å². The van der Waals surface area contributed by atoms with Gasteiger partial charge in [-0.05, 0) is 73.6 Å². The molecule has 2 heterocycles. The van der Waals surface area contributed by atoms with E-state index in [4.69, 9.17) is 4.74 Å². The minimum atomic E-state index is -0.267. The molecule has 27 heavy (non-hydrogen) atoms. The van der Waals surface area contributed by atoms with Crippen LogP contribution >= 0.6 is 11.8 Å². The first-order valence-electron chi connectivity index (χ1n) is 9.16. The second-order valence-electron chi connectivity index (χ2n) is 6.74. The van der Waals surface area contributed by atoms with E-state index in [0.717, 1.165) is 42.2 Å². The van der Waals surface area contributed by atoms with Crippen LogP contribution in [0.4, 0.5) is 0 Å². The number of aromatic nitrogens is 4. The summed E-state index contributed by atoms with van der Waals surface area (Å²) in [5, 5.41) is 5.27. The number of ether oxygens (including phenoxy) is 1. The first kappa shape index (κ1) is 18.0. The number of rotatable bonds is 5. The van der Waals surface area contributed by atoms with E-state index in [2.05, 4.69) is 15.1 Å². The van der Waals surface area contributed by atoms with E-state index in [1.807, 2.05) is 29.1 Å². The zero-order chi connectivity index (χ0) is 18.8. The Hall–Kier alpha value is -2.41. The van der Waals surface area contributed by atoms with E-state index in [-0.39, 0.29) is 5.97 Å². The van der Waals surface area contributed by atoms with Crippen LogP contribution in [0.5, 0.6) is 0 Å². The Morgan fingerprint density at radius 2 is 2.04 bits per heavy atom. The maximum Gasteiger partial charge on any atom is 0.337 e. The molecule has 0 spiro atoms. The van der Waals surface area contributed by atoms with Crippen LogP contribution in [0.15, 0.2) is 29.7 Å². The van der Waals surface area contributed by atoms with Gasteiger partial charge in [0.15, 0.2) is 5.65 Å². The summed E-state index contributed by atoms with van der Waals surface area (Å²) in [6.07, 6.45) is 11.7. The van der Waals surface area contributed by atoms with E-state index in [1.165, 1.54) is 48.4 Å². The van der Waals surface area contributed by atoms with E-state index in [0.29, 0.717) is 5.56 Å². The number of fused-ring (bicyclic) bond motifs is 2. The lowest BCUT2D eigenvalue weighted by atomic mass is 9.85.